The van der Waals surface area contributed by atoms with Crippen LogP contribution in [0.15, 0.2) is 41.8 Å². The number of aromatic nitrogens is 2. The van der Waals surface area contributed by atoms with Crippen molar-refractivity contribution in [2.75, 3.05) is 39.2 Å². The first-order valence-corrected chi connectivity index (χ1v) is 12.5. The summed E-state index contributed by atoms with van der Waals surface area (Å²) in [5.41, 5.74) is -0.692. The summed E-state index contributed by atoms with van der Waals surface area (Å²) in [7, 11) is 0.601. The topological polar surface area (TPSA) is 117 Å². The molecular weight excluding hydrogens is 503 g/mol. The van der Waals surface area contributed by atoms with Gasteiger partial charge in [-0.1, -0.05) is 6.92 Å². The normalized spacial score (nSPS) is 14.9. The number of halogens is 3. The maximum Gasteiger partial charge on any atom is 0.416 e. The van der Waals surface area contributed by atoms with Crippen molar-refractivity contribution in [2.45, 2.75) is 37.2 Å². The van der Waals surface area contributed by atoms with Crippen molar-refractivity contribution in [3.63, 3.8) is 0 Å². The van der Waals surface area contributed by atoms with Crippen molar-refractivity contribution in [1.82, 2.24) is 18.8 Å². The molecule has 0 aliphatic rings. The molecule has 0 aliphatic carbocycles. The Morgan fingerprint density at radius 1 is 1.22 bits per heavy atom. The Balaban J connectivity index is 2.12. The van der Waals surface area contributed by atoms with Crippen LogP contribution in [0.4, 0.5) is 23.7 Å². The number of alkyl halides is 3. The maximum absolute atomic E-state index is 12.9. The molecule has 3 atom stereocenters. The number of anilines is 1. The van der Waals surface area contributed by atoms with Crippen molar-refractivity contribution in [3.05, 3.63) is 42.4 Å². The minimum absolute atomic E-state index is 0.0293. The number of urea groups is 1. The Labute approximate surface area is 208 Å². The Bertz CT molecular complexity index is 1110. The third kappa shape index (κ3) is 7.41. The number of aliphatic hydroxyl groups is 1. The molecule has 2 amide bonds. The Morgan fingerprint density at radius 3 is 2.31 bits per heavy atom. The number of sulfonamides is 1. The number of amides is 2. The number of aryl methyl sites for hydroxylation is 1. The van der Waals surface area contributed by atoms with E-state index in [1.54, 1.807) is 20.9 Å². The summed E-state index contributed by atoms with van der Waals surface area (Å²) in [6.07, 6.45) is -2.36. The van der Waals surface area contributed by atoms with Crippen molar-refractivity contribution < 1.29 is 36.2 Å². The van der Waals surface area contributed by atoms with Gasteiger partial charge in [-0.2, -0.15) is 17.5 Å². The van der Waals surface area contributed by atoms with Crippen LogP contribution in [-0.2, 0) is 28.0 Å². The maximum atomic E-state index is 12.9. The van der Waals surface area contributed by atoms with Crippen molar-refractivity contribution >= 4 is 21.7 Å². The lowest BCUT2D eigenvalue weighted by atomic mass is 10.0. The van der Waals surface area contributed by atoms with Gasteiger partial charge < -0.3 is 24.6 Å². The summed E-state index contributed by atoms with van der Waals surface area (Å²) in [4.78, 5) is 18.1. The lowest BCUT2D eigenvalue weighted by Gasteiger charge is -2.34. The lowest BCUT2D eigenvalue weighted by molar-refractivity contribution is -0.137. The number of nitrogens with one attached hydrogen (secondary N) is 1. The zero-order valence-corrected chi connectivity index (χ0v) is 21.5. The number of carbonyl (C=O) groups is 1. The Kier molecular flexibility index (Phi) is 9.88. The van der Waals surface area contributed by atoms with E-state index in [1.807, 2.05) is 0 Å². The minimum Gasteiger partial charge on any atom is -0.394 e. The van der Waals surface area contributed by atoms with E-state index in [0.29, 0.717) is 0 Å². The molecule has 0 saturated heterocycles. The summed E-state index contributed by atoms with van der Waals surface area (Å²) in [5.74, 6) is -0.385. The van der Waals surface area contributed by atoms with Gasteiger partial charge in [-0.15, -0.1) is 0 Å². The number of methoxy groups -OCH3 is 1. The predicted octanol–water partition coefficient (Wildman–Crippen LogP) is 2.63. The number of nitrogens with zero attached hydrogens (tertiary/aromatic N) is 4. The first-order valence-electron chi connectivity index (χ1n) is 11.0. The number of benzene rings is 1. The fourth-order valence-electron chi connectivity index (χ4n) is 3.45. The SMILES string of the molecule is CO[C@@H](CN(C)S(=O)(=O)c1cn(C)cn1)[C@H](C)CN(C(=O)Nc1ccc(C(F)(F)F)cc1)[C@@H](C)CO. The van der Waals surface area contributed by atoms with E-state index in [9.17, 15) is 31.5 Å². The van der Waals surface area contributed by atoms with Gasteiger partial charge in [-0.25, -0.2) is 18.2 Å². The number of hydrogen-bond donors (Lipinski definition) is 2. The van der Waals surface area contributed by atoms with Crippen LogP contribution in [0, 0.1) is 5.92 Å². The summed E-state index contributed by atoms with van der Waals surface area (Å²) >= 11 is 0. The van der Waals surface area contributed by atoms with Crippen LogP contribution in [0.2, 0.25) is 0 Å². The molecule has 0 spiro atoms. The summed E-state index contributed by atoms with van der Waals surface area (Å²) in [6, 6.07) is 2.73. The van der Waals surface area contributed by atoms with Crippen LogP contribution < -0.4 is 5.32 Å². The fraction of sp³-hybridized carbons (Fsp3) is 0.545. The third-order valence-corrected chi connectivity index (χ3v) is 7.44. The third-order valence-electron chi connectivity index (χ3n) is 5.74. The van der Waals surface area contributed by atoms with Gasteiger partial charge in [0.1, 0.15) is 0 Å². The number of hydrogen-bond acceptors (Lipinski definition) is 6. The second-order valence-electron chi connectivity index (χ2n) is 8.60. The molecule has 36 heavy (non-hydrogen) atoms. The van der Waals surface area contributed by atoms with E-state index in [-0.39, 0.29) is 36.3 Å². The molecule has 0 unspecified atom stereocenters. The molecule has 1 aromatic heterocycles. The number of aliphatic hydroxyl groups excluding tert-OH is 1. The minimum atomic E-state index is -4.50. The molecule has 1 heterocycles. The molecule has 0 bridgehead atoms. The lowest BCUT2D eigenvalue weighted by Crippen LogP contribution is -2.48. The highest BCUT2D eigenvalue weighted by molar-refractivity contribution is 7.89. The molecule has 202 valence electrons. The molecule has 1 aromatic carbocycles. The van der Waals surface area contributed by atoms with Crippen LogP contribution in [0.3, 0.4) is 0 Å². The number of ether oxygens (including phenoxy) is 1. The number of imidazole rings is 1. The van der Waals surface area contributed by atoms with Gasteiger partial charge in [-0.05, 0) is 31.2 Å². The molecular formula is C22H32F3N5O5S. The van der Waals surface area contributed by atoms with E-state index < -0.39 is 39.9 Å². The average Bonchev–Trinajstić information content (AvgIpc) is 3.26. The monoisotopic (exact) mass is 535 g/mol. The molecule has 14 heteroatoms. The number of carbonyl (C=O) groups excluding carboxylic acids is 1. The van der Waals surface area contributed by atoms with E-state index >= 15 is 0 Å². The average molecular weight is 536 g/mol. The Morgan fingerprint density at radius 2 is 1.83 bits per heavy atom. The van der Waals surface area contributed by atoms with Crippen molar-refractivity contribution in [3.8, 4) is 0 Å². The summed E-state index contributed by atoms with van der Waals surface area (Å²) in [6.45, 7) is 3.05. The first kappa shape index (κ1) is 29.5. The zero-order valence-electron chi connectivity index (χ0n) is 20.7. The van der Waals surface area contributed by atoms with Gasteiger partial charge in [-0.3, -0.25) is 0 Å². The highest BCUT2D eigenvalue weighted by Gasteiger charge is 2.32. The summed E-state index contributed by atoms with van der Waals surface area (Å²) < 4.78 is 72.2. The quantitative estimate of drug-likeness (QED) is 0.457. The highest BCUT2D eigenvalue weighted by Crippen LogP contribution is 2.30. The van der Waals surface area contributed by atoms with Gasteiger partial charge >= 0.3 is 12.2 Å². The van der Waals surface area contributed by atoms with Gasteiger partial charge in [0.05, 0.1) is 30.6 Å². The van der Waals surface area contributed by atoms with Gasteiger partial charge in [0, 0.05) is 52.1 Å². The van der Waals surface area contributed by atoms with Crippen LogP contribution in [0.25, 0.3) is 0 Å². The van der Waals surface area contributed by atoms with E-state index in [1.165, 1.54) is 36.1 Å². The van der Waals surface area contributed by atoms with E-state index in [2.05, 4.69) is 10.3 Å². The smallest absolute Gasteiger partial charge is 0.394 e. The van der Waals surface area contributed by atoms with Crippen molar-refractivity contribution in [2.24, 2.45) is 13.0 Å². The standard InChI is InChI=1S/C22H32F3N5O5S/c1-15(19(35-5)11-29(4)36(33,34)20-12-28(3)14-26-20)10-30(16(2)13-31)21(32)27-18-8-6-17(7-9-18)22(23,24)25/h6-9,12,14-16,19,31H,10-11,13H2,1-5H3,(H,27,32)/t15-,16+,19+/m1/s1. The molecule has 2 aromatic rings. The predicted molar refractivity (Wildman–Crippen MR) is 127 cm³/mol. The molecule has 0 saturated carbocycles. The van der Waals surface area contributed by atoms with Crippen LogP contribution in [0.5, 0.6) is 0 Å². The molecule has 2 N–H and O–H groups in total. The number of rotatable bonds is 11. The highest BCUT2D eigenvalue weighted by atomic mass is 32.2. The number of likely N-dealkylation sites (N-methyl/N-ethyl adjacent to an activating group) is 1. The van der Waals surface area contributed by atoms with Gasteiger partial charge in [0.25, 0.3) is 10.0 Å². The fourth-order valence-corrected chi connectivity index (χ4v) is 4.59. The largest absolute Gasteiger partial charge is 0.416 e. The molecule has 2 rings (SSSR count). The van der Waals surface area contributed by atoms with E-state index in [0.717, 1.165) is 28.6 Å². The first-order chi connectivity index (χ1) is 16.7. The van der Waals surface area contributed by atoms with Crippen molar-refractivity contribution in [1.29, 1.82) is 0 Å². The molecule has 10 nitrogen and oxygen atoms in total. The second-order valence-corrected chi connectivity index (χ2v) is 10.6. The van der Waals surface area contributed by atoms with Crippen LogP contribution in [-0.4, -0.2) is 84.3 Å². The zero-order chi connectivity index (χ0) is 27.3. The molecule has 0 aliphatic heterocycles. The van der Waals surface area contributed by atoms with Crippen LogP contribution in [0.1, 0.15) is 19.4 Å². The summed E-state index contributed by atoms with van der Waals surface area (Å²) in [5, 5.41) is 12.1. The van der Waals surface area contributed by atoms with Crippen LogP contribution >= 0.6 is 0 Å². The molecule has 0 radical (unpaired) electrons. The molecule has 0 fully saturated rings. The van der Waals surface area contributed by atoms with E-state index in [4.69, 9.17) is 4.74 Å². The second kappa shape index (κ2) is 12.0. The Hall–Kier alpha value is -2.68. The van der Waals surface area contributed by atoms with Gasteiger partial charge in [0.2, 0.25) is 0 Å². The van der Waals surface area contributed by atoms with Gasteiger partial charge in [0.15, 0.2) is 5.03 Å².